The molecule has 0 aliphatic heterocycles. The normalized spacial score (nSPS) is 9.94. The number of carbonyl (C=O) groups excluding carboxylic acids is 1. The average molecular weight is 238 g/mol. The highest BCUT2D eigenvalue weighted by Gasteiger charge is 2.09. The van der Waals surface area contributed by atoms with Gasteiger partial charge in [0.15, 0.2) is 17.3 Å². The number of phenols is 1. The number of ketones is 1. The van der Waals surface area contributed by atoms with Crippen LogP contribution in [-0.4, -0.2) is 28.6 Å². The third kappa shape index (κ3) is 3.79. The van der Waals surface area contributed by atoms with Crippen molar-refractivity contribution in [2.75, 3.05) is 6.61 Å². The fourth-order valence-electron chi connectivity index (χ4n) is 1.26. The monoisotopic (exact) mass is 238 g/mol. The number of rotatable bonds is 6. The Morgan fingerprint density at radius 2 is 2.06 bits per heavy atom. The molecule has 0 amide bonds. The molecule has 5 nitrogen and oxygen atoms in total. The van der Waals surface area contributed by atoms with Crippen molar-refractivity contribution in [3.63, 3.8) is 0 Å². The molecule has 0 aromatic heterocycles. The molecular weight excluding hydrogens is 224 g/mol. The maximum Gasteiger partial charge on any atom is 0.306 e. The molecule has 1 aromatic carbocycles. The second-order valence-electron chi connectivity index (χ2n) is 3.45. The van der Waals surface area contributed by atoms with E-state index < -0.39 is 5.97 Å². The van der Waals surface area contributed by atoms with Crippen LogP contribution < -0.4 is 4.74 Å². The van der Waals surface area contributed by atoms with Crippen LogP contribution in [0.15, 0.2) is 18.2 Å². The van der Waals surface area contributed by atoms with Crippen LogP contribution in [0.4, 0.5) is 0 Å². The summed E-state index contributed by atoms with van der Waals surface area (Å²) in [6, 6.07) is 4.28. The lowest BCUT2D eigenvalue weighted by Gasteiger charge is -2.08. The number of carboxylic acids is 1. The average Bonchev–Trinajstić information content (AvgIpc) is 2.30. The quantitative estimate of drug-likeness (QED) is 0.739. The fourth-order valence-corrected chi connectivity index (χ4v) is 1.26. The van der Waals surface area contributed by atoms with E-state index in [1.54, 1.807) is 6.92 Å². The molecule has 0 spiro atoms. The summed E-state index contributed by atoms with van der Waals surface area (Å²) in [4.78, 5) is 21.7. The standard InChI is InChI=1S/C12H14O5/c1-2-9(13)8-3-4-10(14)11(7-8)17-6-5-12(15)16/h3-4,7,14H,2,5-6H2,1H3,(H,15,16). The second-order valence-corrected chi connectivity index (χ2v) is 3.45. The van der Waals surface area contributed by atoms with E-state index in [0.717, 1.165) is 0 Å². The first-order valence-corrected chi connectivity index (χ1v) is 5.25. The zero-order valence-corrected chi connectivity index (χ0v) is 9.47. The SMILES string of the molecule is CCC(=O)c1ccc(O)c(OCCC(=O)O)c1. The Morgan fingerprint density at radius 1 is 1.35 bits per heavy atom. The molecule has 92 valence electrons. The van der Waals surface area contributed by atoms with E-state index in [9.17, 15) is 14.7 Å². The molecule has 0 saturated heterocycles. The van der Waals surface area contributed by atoms with Gasteiger partial charge in [-0.25, -0.2) is 0 Å². The highest BCUT2D eigenvalue weighted by atomic mass is 16.5. The van der Waals surface area contributed by atoms with Crippen LogP contribution in [0.5, 0.6) is 11.5 Å². The number of ether oxygens (including phenoxy) is 1. The van der Waals surface area contributed by atoms with Crippen LogP contribution >= 0.6 is 0 Å². The molecule has 2 N–H and O–H groups in total. The van der Waals surface area contributed by atoms with Crippen molar-refractivity contribution >= 4 is 11.8 Å². The third-order valence-corrected chi connectivity index (χ3v) is 2.18. The van der Waals surface area contributed by atoms with Crippen molar-refractivity contribution in [3.05, 3.63) is 23.8 Å². The minimum Gasteiger partial charge on any atom is -0.504 e. The van der Waals surface area contributed by atoms with Crippen LogP contribution in [0, 0.1) is 0 Å². The van der Waals surface area contributed by atoms with Crippen LogP contribution in [0.1, 0.15) is 30.1 Å². The predicted octanol–water partition coefficient (Wildman–Crippen LogP) is 1.84. The van der Waals surface area contributed by atoms with Gasteiger partial charge in [-0.2, -0.15) is 0 Å². The van der Waals surface area contributed by atoms with E-state index >= 15 is 0 Å². The Balaban J connectivity index is 2.76. The highest BCUT2D eigenvalue weighted by Crippen LogP contribution is 2.27. The zero-order valence-electron chi connectivity index (χ0n) is 9.47. The van der Waals surface area contributed by atoms with Crippen LogP contribution in [-0.2, 0) is 4.79 Å². The summed E-state index contributed by atoms with van der Waals surface area (Å²) in [6.45, 7) is 1.69. The van der Waals surface area contributed by atoms with E-state index in [-0.39, 0.29) is 30.3 Å². The summed E-state index contributed by atoms with van der Waals surface area (Å²) < 4.78 is 5.10. The number of phenolic OH excluding ortho intramolecular Hbond substituents is 1. The predicted molar refractivity (Wildman–Crippen MR) is 60.5 cm³/mol. The maximum atomic E-state index is 11.4. The Labute approximate surface area is 98.6 Å². The van der Waals surface area contributed by atoms with Gasteiger partial charge in [-0.15, -0.1) is 0 Å². The van der Waals surface area contributed by atoms with Gasteiger partial charge in [0.1, 0.15) is 0 Å². The highest BCUT2D eigenvalue weighted by molar-refractivity contribution is 5.96. The summed E-state index contributed by atoms with van der Waals surface area (Å²) in [5, 5.41) is 17.9. The first-order chi connectivity index (χ1) is 8.04. The van der Waals surface area contributed by atoms with Gasteiger partial charge in [-0.1, -0.05) is 6.92 Å². The summed E-state index contributed by atoms with van der Waals surface area (Å²) in [5.74, 6) is -1.02. The van der Waals surface area contributed by atoms with Gasteiger partial charge in [0.25, 0.3) is 0 Å². The first-order valence-electron chi connectivity index (χ1n) is 5.25. The Kier molecular flexibility index (Phi) is 4.51. The number of carboxylic acid groups (broad SMARTS) is 1. The lowest BCUT2D eigenvalue weighted by Crippen LogP contribution is -2.05. The molecule has 1 rings (SSSR count). The smallest absolute Gasteiger partial charge is 0.306 e. The number of hydrogen-bond acceptors (Lipinski definition) is 4. The topological polar surface area (TPSA) is 83.8 Å². The summed E-state index contributed by atoms with van der Waals surface area (Å²) >= 11 is 0. The number of benzene rings is 1. The molecule has 0 radical (unpaired) electrons. The van der Waals surface area contributed by atoms with Gasteiger partial charge in [-0.05, 0) is 18.2 Å². The first kappa shape index (κ1) is 13.0. The van der Waals surface area contributed by atoms with Gasteiger partial charge >= 0.3 is 5.97 Å². The molecule has 0 unspecified atom stereocenters. The lowest BCUT2D eigenvalue weighted by atomic mass is 10.1. The Bertz CT molecular complexity index is 425. The van der Waals surface area contributed by atoms with Crippen LogP contribution in [0.2, 0.25) is 0 Å². The van der Waals surface area contributed by atoms with Crippen molar-refractivity contribution in [2.45, 2.75) is 19.8 Å². The van der Waals surface area contributed by atoms with E-state index in [0.29, 0.717) is 12.0 Å². The summed E-state index contributed by atoms with van der Waals surface area (Å²) in [7, 11) is 0. The molecule has 5 heteroatoms. The number of hydrogen-bond donors (Lipinski definition) is 2. The zero-order chi connectivity index (χ0) is 12.8. The van der Waals surface area contributed by atoms with Crippen molar-refractivity contribution in [3.8, 4) is 11.5 Å². The number of aromatic hydroxyl groups is 1. The maximum absolute atomic E-state index is 11.4. The second kappa shape index (κ2) is 5.89. The molecule has 1 aromatic rings. The van der Waals surface area contributed by atoms with E-state index in [2.05, 4.69) is 0 Å². The van der Waals surface area contributed by atoms with Crippen molar-refractivity contribution in [1.82, 2.24) is 0 Å². The molecule has 17 heavy (non-hydrogen) atoms. The molecule has 0 aliphatic carbocycles. The molecule has 0 aliphatic rings. The fraction of sp³-hybridized carbons (Fsp3) is 0.333. The minimum absolute atomic E-state index is 0.0489. The lowest BCUT2D eigenvalue weighted by molar-refractivity contribution is -0.137. The van der Waals surface area contributed by atoms with E-state index in [1.807, 2.05) is 0 Å². The van der Waals surface area contributed by atoms with Crippen molar-refractivity contribution < 1.29 is 24.5 Å². The van der Waals surface area contributed by atoms with Gasteiger partial charge in [-0.3, -0.25) is 9.59 Å². The third-order valence-electron chi connectivity index (χ3n) is 2.18. The van der Waals surface area contributed by atoms with Gasteiger partial charge in [0.2, 0.25) is 0 Å². The Hall–Kier alpha value is -2.04. The van der Waals surface area contributed by atoms with Gasteiger partial charge in [0.05, 0.1) is 13.0 Å². The van der Waals surface area contributed by atoms with E-state index in [1.165, 1.54) is 18.2 Å². The minimum atomic E-state index is -0.981. The molecule has 0 saturated carbocycles. The molecule has 0 bridgehead atoms. The number of aliphatic carboxylic acids is 1. The van der Waals surface area contributed by atoms with Gasteiger partial charge in [0, 0.05) is 12.0 Å². The summed E-state index contributed by atoms with van der Waals surface area (Å²) in [6.07, 6.45) is 0.199. The number of Topliss-reactive ketones (excluding diaryl/α,β-unsaturated/α-hetero) is 1. The molecule has 0 atom stereocenters. The van der Waals surface area contributed by atoms with Gasteiger partial charge < -0.3 is 14.9 Å². The largest absolute Gasteiger partial charge is 0.504 e. The van der Waals surface area contributed by atoms with Crippen LogP contribution in [0.3, 0.4) is 0 Å². The molecule has 0 fully saturated rings. The number of carbonyl (C=O) groups is 2. The van der Waals surface area contributed by atoms with Crippen LogP contribution in [0.25, 0.3) is 0 Å². The van der Waals surface area contributed by atoms with E-state index in [4.69, 9.17) is 9.84 Å². The van der Waals surface area contributed by atoms with Crippen molar-refractivity contribution in [2.24, 2.45) is 0 Å². The molecular formula is C12H14O5. The van der Waals surface area contributed by atoms with Crippen molar-refractivity contribution in [1.29, 1.82) is 0 Å². The Morgan fingerprint density at radius 3 is 2.65 bits per heavy atom. The molecule has 0 heterocycles. The summed E-state index contributed by atoms with van der Waals surface area (Å²) in [5.41, 5.74) is 0.440.